The summed E-state index contributed by atoms with van der Waals surface area (Å²) in [6.07, 6.45) is 5.57. The van der Waals surface area contributed by atoms with Gasteiger partial charge in [0.2, 0.25) is 5.91 Å². The lowest BCUT2D eigenvalue weighted by Gasteiger charge is -2.33. The second-order valence-corrected chi connectivity index (χ2v) is 10.3. The third kappa shape index (κ3) is 7.20. The second-order valence-electron chi connectivity index (χ2n) is 8.27. The lowest BCUT2D eigenvalue weighted by Crippen LogP contribution is -2.47. The van der Waals surface area contributed by atoms with Crippen LogP contribution >= 0.6 is 23.1 Å². The topological polar surface area (TPSA) is 91.8 Å². The van der Waals surface area contributed by atoms with Gasteiger partial charge in [-0.3, -0.25) is 14.5 Å². The van der Waals surface area contributed by atoms with E-state index in [0.29, 0.717) is 44.8 Å². The largest absolute Gasteiger partial charge is 0.481 e. The molecule has 0 bridgehead atoms. The zero-order valence-corrected chi connectivity index (χ0v) is 20.4. The lowest BCUT2D eigenvalue weighted by atomic mass is 9.96. The van der Waals surface area contributed by atoms with Gasteiger partial charge >= 0.3 is 5.97 Å². The van der Waals surface area contributed by atoms with Gasteiger partial charge in [-0.05, 0) is 29.7 Å². The highest BCUT2D eigenvalue weighted by molar-refractivity contribution is 8.01. The van der Waals surface area contributed by atoms with Crippen molar-refractivity contribution in [2.24, 2.45) is 5.92 Å². The van der Waals surface area contributed by atoms with Crippen LogP contribution in [-0.4, -0.2) is 65.0 Å². The smallest absolute Gasteiger partial charge is 0.310 e. The van der Waals surface area contributed by atoms with Gasteiger partial charge in [-0.2, -0.15) is 0 Å². The van der Waals surface area contributed by atoms with Gasteiger partial charge in [0, 0.05) is 31.6 Å². The van der Waals surface area contributed by atoms with Crippen molar-refractivity contribution in [1.29, 1.82) is 0 Å². The molecule has 2 heterocycles. The molecule has 1 amide bonds. The van der Waals surface area contributed by atoms with E-state index in [-0.39, 0.29) is 17.8 Å². The number of carbonyl (C=O) groups is 2. The Hall–Kier alpha value is -2.60. The number of hydrogen-bond donors (Lipinski definition) is 2. The number of carboxylic acids is 1. The molecule has 2 aliphatic rings. The van der Waals surface area contributed by atoms with Crippen LogP contribution in [0.2, 0.25) is 0 Å². The Bertz CT molecular complexity index is 1140. The Morgan fingerprint density at radius 1 is 1.31 bits per heavy atom. The number of ether oxygens (including phenoxy) is 1. The number of carboxylic acid groups (broad SMARTS) is 1. The van der Waals surface area contributed by atoms with E-state index in [1.165, 1.54) is 29.2 Å². The average molecular weight is 522 g/mol. The number of halogens is 2. The molecule has 2 N–H and O–H groups in total. The molecule has 1 aliphatic heterocycles. The number of thioether (sulfide) groups is 1. The molecule has 1 aliphatic carbocycles. The average Bonchev–Trinajstić information content (AvgIpc) is 3.33. The van der Waals surface area contributed by atoms with E-state index in [4.69, 9.17) is 9.84 Å². The van der Waals surface area contributed by atoms with Crippen molar-refractivity contribution in [3.8, 4) is 0 Å². The first-order valence-corrected chi connectivity index (χ1v) is 13.0. The number of hydrogen-bond acceptors (Lipinski definition) is 7. The van der Waals surface area contributed by atoms with Gasteiger partial charge < -0.3 is 15.2 Å². The molecule has 1 fully saturated rings. The zero-order valence-electron chi connectivity index (χ0n) is 18.8. The maximum absolute atomic E-state index is 13.5. The number of amides is 1. The summed E-state index contributed by atoms with van der Waals surface area (Å²) in [5.74, 6) is -2.97. The molecule has 2 atom stereocenters. The van der Waals surface area contributed by atoms with Crippen molar-refractivity contribution in [3.63, 3.8) is 0 Å². The maximum atomic E-state index is 13.5. The fourth-order valence-electron chi connectivity index (χ4n) is 3.80. The molecule has 1 saturated heterocycles. The van der Waals surface area contributed by atoms with Gasteiger partial charge in [-0.15, -0.1) is 11.3 Å². The van der Waals surface area contributed by atoms with Crippen LogP contribution in [0, 0.1) is 17.6 Å². The first-order chi connectivity index (χ1) is 16.9. The molecule has 35 heavy (non-hydrogen) atoms. The van der Waals surface area contributed by atoms with Crippen LogP contribution < -0.4 is 5.32 Å². The summed E-state index contributed by atoms with van der Waals surface area (Å²) < 4.78 is 33.1. The van der Waals surface area contributed by atoms with E-state index in [2.05, 4.69) is 15.2 Å². The van der Waals surface area contributed by atoms with Crippen LogP contribution in [0.3, 0.4) is 0 Å². The number of carbonyl (C=O) groups excluding carboxylic acids is 1. The Balaban J connectivity index is 1.19. The van der Waals surface area contributed by atoms with Crippen LogP contribution in [-0.2, 0) is 20.9 Å². The molecule has 0 spiro atoms. The van der Waals surface area contributed by atoms with Gasteiger partial charge in [0.1, 0.15) is 0 Å². The molecule has 2 aromatic rings. The predicted molar refractivity (Wildman–Crippen MR) is 130 cm³/mol. The number of thiazole rings is 1. The number of aromatic nitrogens is 1. The predicted octanol–water partition coefficient (Wildman–Crippen LogP) is 3.57. The number of nitrogens with one attached hydrogen (secondary N) is 1. The minimum Gasteiger partial charge on any atom is -0.481 e. The summed E-state index contributed by atoms with van der Waals surface area (Å²) >= 11 is 2.78. The number of nitrogens with zero attached hydrogens (tertiary/aromatic N) is 2. The minimum atomic E-state index is -0.861. The normalized spacial score (nSPS) is 20.5. The van der Waals surface area contributed by atoms with E-state index in [0.717, 1.165) is 21.7 Å². The lowest BCUT2D eigenvalue weighted by molar-refractivity contribution is -0.140. The zero-order chi connectivity index (χ0) is 24.8. The summed E-state index contributed by atoms with van der Waals surface area (Å²) in [7, 11) is 0. The molecule has 1 aromatic heterocycles. The van der Waals surface area contributed by atoms with E-state index >= 15 is 0 Å². The fraction of sp³-hybridized carbons (Fsp3) is 0.375. The van der Waals surface area contributed by atoms with Gasteiger partial charge in [-0.1, -0.05) is 36.1 Å². The van der Waals surface area contributed by atoms with Crippen molar-refractivity contribution >= 4 is 40.5 Å². The van der Waals surface area contributed by atoms with E-state index < -0.39 is 23.5 Å². The van der Waals surface area contributed by atoms with E-state index in [1.807, 2.05) is 11.5 Å². The van der Waals surface area contributed by atoms with Crippen molar-refractivity contribution < 1.29 is 28.2 Å². The summed E-state index contributed by atoms with van der Waals surface area (Å²) in [5.41, 5.74) is 2.35. The third-order valence-electron chi connectivity index (χ3n) is 5.66. The first kappa shape index (κ1) is 25.5. The third-order valence-corrected chi connectivity index (χ3v) is 7.68. The Labute approximate surface area is 209 Å². The maximum Gasteiger partial charge on any atom is 0.310 e. The Morgan fingerprint density at radius 3 is 2.91 bits per heavy atom. The van der Waals surface area contributed by atoms with Gasteiger partial charge in [-0.25, -0.2) is 13.8 Å². The summed E-state index contributed by atoms with van der Waals surface area (Å²) in [6.45, 7) is 2.59. The fourth-order valence-corrected chi connectivity index (χ4v) is 5.46. The summed E-state index contributed by atoms with van der Waals surface area (Å²) in [6, 6.07) is 3.90. The Kier molecular flexibility index (Phi) is 8.66. The Morgan fingerprint density at radius 2 is 2.17 bits per heavy atom. The van der Waals surface area contributed by atoms with Crippen LogP contribution in [0.1, 0.15) is 17.7 Å². The quantitative estimate of drug-likeness (QED) is 0.488. The molecular weight excluding hydrogens is 496 g/mol. The molecule has 11 heteroatoms. The molecule has 0 radical (unpaired) electrons. The number of morpholine rings is 1. The minimum absolute atomic E-state index is 0.130. The highest BCUT2D eigenvalue weighted by Crippen LogP contribution is 2.29. The van der Waals surface area contributed by atoms with Crippen LogP contribution in [0.5, 0.6) is 0 Å². The molecule has 186 valence electrons. The van der Waals surface area contributed by atoms with Crippen molar-refractivity contribution in [1.82, 2.24) is 15.2 Å². The first-order valence-electron chi connectivity index (χ1n) is 11.1. The van der Waals surface area contributed by atoms with Crippen molar-refractivity contribution in [2.45, 2.75) is 23.4 Å². The van der Waals surface area contributed by atoms with E-state index in [9.17, 15) is 18.4 Å². The SMILES string of the molecule is O=C(CSc1nc(C2=CCC(C(=O)O)C=C2)cs1)NC[C@H]1CN(Cc2ccc(F)c(F)c2)CCO1. The molecule has 1 unspecified atom stereocenters. The monoisotopic (exact) mass is 521 g/mol. The molecule has 4 rings (SSSR count). The van der Waals surface area contributed by atoms with Crippen LogP contribution in [0.25, 0.3) is 5.57 Å². The summed E-state index contributed by atoms with van der Waals surface area (Å²) in [5, 5.41) is 13.9. The highest BCUT2D eigenvalue weighted by atomic mass is 32.2. The van der Waals surface area contributed by atoms with Crippen LogP contribution in [0.15, 0.2) is 46.1 Å². The summed E-state index contributed by atoms with van der Waals surface area (Å²) in [4.78, 5) is 30.0. The van der Waals surface area contributed by atoms with Gasteiger partial charge in [0.15, 0.2) is 16.0 Å². The number of benzene rings is 1. The van der Waals surface area contributed by atoms with E-state index in [1.54, 1.807) is 18.2 Å². The van der Waals surface area contributed by atoms with Crippen LogP contribution in [0.4, 0.5) is 8.78 Å². The van der Waals surface area contributed by atoms with Gasteiger partial charge in [0.05, 0.1) is 30.1 Å². The van der Waals surface area contributed by atoms with Gasteiger partial charge in [0.25, 0.3) is 0 Å². The molecule has 7 nitrogen and oxygen atoms in total. The highest BCUT2D eigenvalue weighted by Gasteiger charge is 2.22. The van der Waals surface area contributed by atoms with Crippen molar-refractivity contribution in [3.05, 3.63) is 64.7 Å². The number of aliphatic carboxylic acids is 1. The van der Waals surface area contributed by atoms with Crippen molar-refractivity contribution in [2.75, 3.05) is 32.0 Å². The molecular formula is C24H25F2N3O4S2. The molecule has 0 saturated carbocycles. The number of rotatable bonds is 9. The molecule has 1 aromatic carbocycles. The number of allylic oxidation sites excluding steroid dienone is 3. The standard InChI is InChI=1S/C24H25F2N3O4S2/c25-19-6-1-15(9-20(19)26)11-29-7-8-33-18(12-29)10-27-22(30)14-35-24-28-21(13-34-24)16-2-4-17(5-3-16)23(31)32/h1-4,6,9,13,17-18H,5,7-8,10-12,14H2,(H,27,30)(H,31,32)/t17?,18-/m0/s1. The second kappa shape index (κ2) is 11.9.